The summed E-state index contributed by atoms with van der Waals surface area (Å²) < 4.78 is 22.6. The molecule has 0 radical (unpaired) electrons. The second-order valence-corrected chi connectivity index (χ2v) is 21.9. The van der Waals surface area contributed by atoms with Crippen molar-refractivity contribution in [3.05, 3.63) is 122 Å². The first kappa shape index (κ1) is 74.7. The van der Waals surface area contributed by atoms with Gasteiger partial charge >= 0.3 is 11.9 Å². The average molecular weight is 1100 g/mol. The first-order valence-electron chi connectivity index (χ1n) is 31.7. The molecule has 9 nitrogen and oxygen atoms in total. The van der Waals surface area contributed by atoms with Gasteiger partial charge in [-0.25, -0.2) is 0 Å². The van der Waals surface area contributed by atoms with Crippen molar-refractivity contribution in [2.24, 2.45) is 0 Å². The van der Waals surface area contributed by atoms with Crippen LogP contribution in [0.1, 0.15) is 245 Å². The van der Waals surface area contributed by atoms with E-state index in [9.17, 15) is 19.5 Å². The Hall–Kier alpha value is -4.31. The lowest BCUT2D eigenvalue weighted by Gasteiger charge is -2.26. The summed E-state index contributed by atoms with van der Waals surface area (Å²) in [7, 11) is 5.91. The third-order valence-corrected chi connectivity index (χ3v) is 13.2. The zero-order valence-corrected chi connectivity index (χ0v) is 51.2. The van der Waals surface area contributed by atoms with E-state index in [1.807, 2.05) is 21.1 Å². The van der Waals surface area contributed by atoms with Gasteiger partial charge in [0.15, 0.2) is 12.4 Å². The number of ether oxygens (including phenoxy) is 4. The Morgan fingerprint density at radius 2 is 0.684 bits per heavy atom. The molecule has 79 heavy (non-hydrogen) atoms. The fourth-order valence-electron chi connectivity index (χ4n) is 8.41. The Balaban J connectivity index is 4.01. The number of rotatable bonds is 57. The Bertz CT molecular complexity index is 1710. The lowest BCUT2D eigenvalue weighted by atomic mass is 10.0. The van der Waals surface area contributed by atoms with Crippen LogP contribution in [0.5, 0.6) is 0 Å². The fraction of sp³-hybridized carbons (Fsp3) is 0.671. The van der Waals surface area contributed by atoms with Gasteiger partial charge in [0.05, 0.1) is 40.3 Å². The zero-order valence-electron chi connectivity index (χ0n) is 51.2. The summed E-state index contributed by atoms with van der Waals surface area (Å²) in [6, 6.07) is 0. The number of allylic oxidation sites excluding steroid dienone is 20. The molecule has 0 aromatic heterocycles. The maximum atomic E-state index is 12.9. The molecule has 0 amide bonds. The van der Waals surface area contributed by atoms with Crippen molar-refractivity contribution in [3.8, 4) is 0 Å². The quantitative estimate of drug-likeness (QED) is 0.0195. The van der Waals surface area contributed by atoms with Gasteiger partial charge in [0.2, 0.25) is 0 Å². The summed E-state index contributed by atoms with van der Waals surface area (Å²) in [5.74, 6) is -2.33. The van der Waals surface area contributed by atoms with Crippen LogP contribution in [0.4, 0.5) is 0 Å². The average Bonchev–Trinajstić information content (AvgIpc) is 3.42. The normalized spacial score (nSPS) is 13.6. The molecule has 9 heteroatoms. The predicted octanol–water partition coefficient (Wildman–Crippen LogP) is 17.9. The Morgan fingerprint density at radius 1 is 0.380 bits per heavy atom. The van der Waals surface area contributed by atoms with E-state index < -0.39 is 24.3 Å². The van der Waals surface area contributed by atoms with Crippen molar-refractivity contribution in [2.45, 2.75) is 257 Å². The van der Waals surface area contributed by atoms with Crippen LogP contribution in [0.2, 0.25) is 0 Å². The minimum absolute atomic E-state index is 0.139. The molecule has 2 atom stereocenters. The van der Waals surface area contributed by atoms with Crippen LogP contribution in [0.15, 0.2) is 122 Å². The Kier molecular flexibility index (Phi) is 56.5. The minimum Gasteiger partial charge on any atom is -0.545 e. The van der Waals surface area contributed by atoms with E-state index in [-0.39, 0.29) is 38.6 Å². The Labute approximate surface area is 485 Å². The molecule has 0 aromatic rings. The highest BCUT2D eigenvalue weighted by atomic mass is 16.7. The molecular formula is C70H117NO8. The van der Waals surface area contributed by atoms with Crippen LogP contribution in [-0.4, -0.2) is 82.3 Å². The SMILES string of the molecule is CC/C=C\C/C=C\C/C=C\C/C=C\C/C=C\C/C=C\C/C=C\CCCCCCCCCCCCCCCCCCCCCC(=O)OC(COC(=O)CCCCC/C=C\C/C=C\C/C=C\CC)COC(OCC[N+](C)(C)C)C(=O)[O-]. The molecule has 0 aliphatic carbocycles. The number of quaternary nitrogens is 1. The number of likely N-dealkylation sites (N-methyl/N-ethyl adjacent to an activating group) is 1. The molecule has 0 bridgehead atoms. The van der Waals surface area contributed by atoms with E-state index in [1.54, 1.807) is 0 Å². The largest absolute Gasteiger partial charge is 0.545 e. The van der Waals surface area contributed by atoms with Gasteiger partial charge in [-0.1, -0.05) is 251 Å². The van der Waals surface area contributed by atoms with Gasteiger partial charge in [-0.15, -0.1) is 0 Å². The van der Waals surface area contributed by atoms with E-state index in [0.29, 0.717) is 23.9 Å². The van der Waals surface area contributed by atoms with E-state index in [4.69, 9.17) is 18.9 Å². The van der Waals surface area contributed by atoms with Crippen LogP contribution in [0, 0.1) is 0 Å². The number of nitrogens with zero attached hydrogens (tertiary/aromatic N) is 1. The molecule has 0 N–H and O–H groups in total. The van der Waals surface area contributed by atoms with Crippen molar-refractivity contribution in [3.63, 3.8) is 0 Å². The van der Waals surface area contributed by atoms with Gasteiger partial charge < -0.3 is 33.3 Å². The monoisotopic (exact) mass is 1100 g/mol. The van der Waals surface area contributed by atoms with Crippen molar-refractivity contribution in [1.29, 1.82) is 0 Å². The minimum atomic E-state index is -1.63. The molecule has 0 aliphatic heterocycles. The zero-order chi connectivity index (χ0) is 57.6. The van der Waals surface area contributed by atoms with Crippen LogP contribution in [0.25, 0.3) is 0 Å². The van der Waals surface area contributed by atoms with E-state index in [1.165, 1.54) is 103 Å². The third-order valence-electron chi connectivity index (χ3n) is 13.2. The molecule has 0 aliphatic rings. The van der Waals surface area contributed by atoms with Crippen LogP contribution in [-0.2, 0) is 33.3 Å². The molecule has 0 rings (SSSR count). The molecule has 0 spiro atoms. The maximum absolute atomic E-state index is 12.9. The highest BCUT2D eigenvalue weighted by Crippen LogP contribution is 2.16. The summed E-state index contributed by atoms with van der Waals surface area (Å²) in [6.07, 6.45) is 81.5. The number of esters is 2. The third kappa shape index (κ3) is 61.2. The lowest BCUT2D eigenvalue weighted by molar-refractivity contribution is -0.870. The number of unbranched alkanes of at least 4 members (excludes halogenated alkanes) is 22. The van der Waals surface area contributed by atoms with Gasteiger partial charge in [0, 0.05) is 12.8 Å². The maximum Gasteiger partial charge on any atom is 0.306 e. The van der Waals surface area contributed by atoms with Gasteiger partial charge in [-0.05, 0) is 103 Å². The van der Waals surface area contributed by atoms with Crippen molar-refractivity contribution in [1.82, 2.24) is 0 Å². The van der Waals surface area contributed by atoms with Gasteiger partial charge in [0.1, 0.15) is 13.2 Å². The molecule has 0 aromatic carbocycles. The van der Waals surface area contributed by atoms with E-state index >= 15 is 0 Å². The Morgan fingerprint density at radius 3 is 1.03 bits per heavy atom. The number of carboxylic acid groups (broad SMARTS) is 1. The molecule has 0 fully saturated rings. The van der Waals surface area contributed by atoms with Gasteiger partial charge in [-0.3, -0.25) is 9.59 Å². The smallest absolute Gasteiger partial charge is 0.306 e. The molecule has 0 saturated heterocycles. The molecule has 450 valence electrons. The highest BCUT2D eigenvalue weighted by Gasteiger charge is 2.22. The van der Waals surface area contributed by atoms with Crippen molar-refractivity contribution < 1.29 is 42.9 Å². The predicted molar refractivity (Wildman–Crippen MR) is 333 cm³/mol. The number of hydrogen-bond acceptors (Lipinski definition) is 8. The van der Waals surface area contributed by atoms with Crippen molar-refractivity contribution in [2.75, 3.05) is 47.5 Å². The number of hydrogen-bond donors (Lipinski definition) is 0. The summed E-state index contributed by atoms with van der Waals surface area (Å²) in [4.78, 5) is 37.2. The lowest BCUT2D eigenvalue weighted by Crippen LogP contribution is -2.44. The molecule has 0 saturated carbocycles. The summed E-state index contributed by atoms with van der Waals surface area (Å²) in [5.41, 5.74) is 0. The van der Waals surface area contributed by atoms with Crippen molar-refractivity contribution >= 4 is 17.9 Å². The number of aliphatic carboxylic acids is 1. The van der Waals surface area contributed by atoms with E-state index in [2.05, 4.69) is 135 Å². The number of carbonyl (C=O) groups excluding carboxylic acids is 3. The molecule has 2 unspecified atom stereocenters. The first-order valence-corrected chi connectivity index (χ1v) is 31.7. The van der Waals surface area contributed by atoms with Crippen LogP contribution < -0.4 is 5.11 Å². The van der Waals surface area contributed by atoms with Crippen LogP contribution in [0.3, 0.4) is 0 Å². The standard InChI is InChI=1S/C70H117NO8/c1-6-8-10-12-14-16-18-20-21-22-23-24-25-26-27-28-29-30-31-32-33-34-35-36-37-38-39-40-41-42-43-44-45-46-47-49-51-53-55-57-59-61-68(73)79-66(65-78-70(69(74)75)76-63-62-71(3,4)5)64-77-67(72)60-58-56-54-52-50-48-19-17-15-13-11-9-7-2/h8-11,14-17,20-21,23-24,26-27,29-30,32-33,48,50,66,70H,6-7,12-13,18-19,22,25,28,31,34-47,49,51-65H2,1-5H3/b10-8-,11-9-,16-14-,17-15-,21-20-,24-23-,27-26-,30-29-,33-32-,50-48-. The number of carboxylic acids is 1. The second kappa shape index (κ2) is 59.8. The van der Waals surface area contributed by atoms with E-state index in [0.717, 1.165) is 103 Å². The number of carbonyl (C=O) groups is 3. The highest BCUT2D eigenvalue weighted by molar-refractivity contribution is 5.70. The first-order chi connectivity index (χ1) is 38.6. The molecular weight excluding hydrogens is 983 g/mol. The topological polar surface area (TPSA) is 111 Å². The summed E-state index contributed by atoms with van der Waals surface area (Å²) >= 11 is 0. The van der Waals surface area contributed by atoms with Gasteiger partial charge in [-0.2, -0.15) is 0 Å². The second-order valence-electron chi connectivity index (χ2n) is 21.9. The van der Waals surface area contributed by atoms with Crippen LogP contribution >= 0.6 is 0 Å². The van der Waals surface area contributed by atoms with Gasteiger partial charge in [0.25, 0.3) is 0 Å². The summed E-state index contributed by atoms with van der Waals surface area (Å²) in [5, 5.41) is 11.8. The summed E-state index contributed by atoms with van der Waals surface area (Å²) in [6.45, 7) is 4.48. The molecule has 0 heterocycles. The fourth-order valence-corrected chi connectivity index (χ4v) is 8.41.